The lowest BCUT2D eigenvalue weighted by atomic mass is 10.1. The zero-order valence-corrected chi connectivity index (χ0v) is 18.6. The van der Waals surface area contributed by atoms with Crippen LogP contribution in [0.1, 0.15) is 34.0 Å². The molecule has 0 saturated heterocycles. The molecular formula is C24H21N5O3S. The zero-order valence-electron chi connectivity index (χ0n) is 17.8. The first-order valence-corrected chi connectivity index (χ1v) is 11.1. The van der Waals surface area contributed by atoms with Crippen LogP contribution >= 0.6 is 11.3 Å². The summed E-state index contributed by atoms with van der Waals surface area (Å²) >= 11 is 1.45. The predicted octanol–water partition coefficient (Wildman–Crippen LogP) is 5.22. The molecule has 0 saturated carbocycles. The number of nitro groups is 1. The maximum atomic E-state index is 12.6. The van der Waals surface area contributed by atoms with Gasteiger partial charge in [0.2, 0.25) is 0 Å². The standard InChI is InChI=1S/C24H21N5O3S/c1-16(19-9-5-6-12-25-19)27-20-11-10-18(13-22(20)29(31)32)24(30)26-14-23-28-21(15-33-23)17-7-3-2-4-8-17/h2-13,15-16,27H,14H2,1H3,(H,26,30). The van der Waals surface area contributed by atoms with Crippen LogP contribution in [0.4, 0.5) is 11.4 Å². The third-order valence-corrected chi connectivity index (χ3v) is 5.83. The Balaban J connectivity index is 1.44. The number of nitrogens with zero attached hydrogens (tertiary/aromatic N) is 3. The molecule has 0 bridgehead atoms. The summed E-state index contributed by atoms with van der Waals surface area (Å²) in [6.45, 7) is 2.10. The van der Waals surface area contributed by atoms with Crippen LogP contribution in [0.25, 0.3) is 11.3 Å². The molecule has 166 valence electrons. The fourth-order valence-electron chi connectivity index (χ4n) is 3.28. The number of aromatic nitrogens is 2. The van der Waals surface area contributed by atoms with Gasteiger partial charge in [-0.3, -0.25) is 19.9 Å². The van der Waals surface area contributed by atoms with Crippen LogP contribution in [-0.2, 0) is 6.54 Å². The molecule has 2 N–H and O–H groups in total. The van der Waals surface area contributed by atoms with Crippen LogP contribution in [0, 0.1) is 10.1 Å². The van der Waals surface area contributed by atoms with E-state index in [1.807, 2.05) is 54.8 Å². The summed E-state index contributed by atoms with van der Waals surface area (Å²) < 4.78 is 0. The van der Waals surface area contributed by atoms with Gasteiger partial charge in [-0.15, -0.1) is 11.3 Å². The number of amides is 1. The molecule has 2 aromatic heterocycles. The Kier molecular flexibility index (Phi) is 6.70. The Labute approximate surface area is 194 Å². The molecule has 4 aromatic rings. The fraction of sp³-hybridized carbons (Fsp3) is 0.125. The Morgan fingerprint density at radius 1 is 1.12 bits per heavy atom. The van der Waals surface area contributed by atoms with Gasteiger partial charge in [0.1, 0.15) is 10.7 Å². The van der Waals surface area contributed by atoms with Gasteiger partial charge in [0, 0.05) is 28.8 Å². The number of carbonyl (C=O) groups is 1. The van der Waals surface area contributed by atoms with Gasteiger partial charge in [0.15, 0.2) is 0 Å². The molecule has 0 aliphatic rings. The largest absolute Gasteiger partial charge is 0.371 e. The highest BCUT2D eigenvalue weighted by Crippen LogP contribution is 2.29. The summed E-state index contributed by atoms with van der Waals surface area (Å²) in [5.74, 6) is -0.404. The second-order valence-electron chi connectivity index (χ2n) is 7.28. The van der Waals surface area contributed by atoms with Crippen LogP contribution in [0.2, 0.25) is 0 Å². The predicted molar refractivity (Wildman–Crippen MR) is 128 cm³/mol. The summed E-state index contributed by atoms with van der Waals surface area (Å²) in [7, 11) is 0. The molecule has 4 rings (SSSR count). The topological polar surface area (TPSA) is 110 Å². The van der Waals surface area contributed by atoms with Crippen LogP contribution in [0.3, 0.4) is 0 Å². The van der Waals surface area contributed by atoms with Crippen LogP contribution < -0.4 is 10.6 Å². The molecule has 2 heterocycles. The molecule has 2 aromatic carbocycles. The number of nitrogens with one attached hydrogen (secondary N) is 2. The van der Waals surface area contributed by atoms with Crippen molar-refractivity contribution in [2.24, 2.45) is 0 Å². The molecule has 33 heavy (non-hydrogen) atoms. The summed E-state index contributed by atoms with van der Waals surface area (Å²) in [5, 5.41) is 20.2. The lowest BCUT2D eigenvalue weighted by Gasteiger charge is -2.15. The number of hydrogen-bond acceptors (Lipinski definition) is 7. The number of thiazole rings is 1. The smallest absolute Gasteiger partial charge is 0.293 e. The van der Waals surface area contributed by atoms with E-state index in [0.717, 1.165) is 22.0 Å². The van der Waals surface area contributed by atoms with Crippen molar-refractivity contribution in [1.29, 1.82) is 0 Å². The zero-order chi connectivity index (χ0) is 23.2. The van der Waals surface area contributed by atoms with Gasteiger partial charge in [-0.05, 0) is 31.2 Å². The van der Waals surface area contributed by atoms with E-state index < -0.39 is 10.8 Å². The quantitative estimate of drug-likeness (QED) is 0.276. The van der Waals surface area contributed by atoms with Crippen molar-refractivity contribution in [3.8, 4) is 11.3 Å². The molecule has 9 heteroatoms. The second-order valence-corrected chi connectivity index (χ2v) is 8.23. The minimum absolute atomic E-state index is 0.175. The molecular weight excluding hydrogens is 438 g/mol. The molecule has 0 radical (unpaired) electrons. The molecule has 8 nitrogen and oxygen atoms in total. The van der Waals surface area contributed by atoms with Gasteiger partial charge in [0.25, 0.3) is 11.6 Å². The Hall–Kier alpha value is -4.11. The summed E-state index contributed by atoms with van der Waals surface area (Å²) in [6, 6.07) is 19.4. The number of carbonyl (C=O) groups excluding carboxylic acids is 1. The first kappa shape index (κ1) is 22.1. The van der Waals surface area contributed by atoms with E-state index in [1.165, 1.54) is 17.4 Å². The van der Waals surface area contributed by atoms with E-state index >= 15 is 0 Å². The fourth-order valence-corrected chi connectivity index (χ4v) is 4.02. The Morgan fingerprint density at radius 3 is 2.64 bits per heavy atom. The van der Waals surface area contributed by atoms with Gasteiger partial charge >= 0.3 is 0 Å². The van der Waals surface area contributed by atoms with E-state index in [2.05, 4.69) is 20.6 Å². The van der Waals surface area contributed by atoms with Gasteiger partial charge in [-0.2, -0.15) is 0 Å². The summed E-state index contributed by atoms with van der Waals surface area (Å²) in [6.07, 6.45) is 1.67. The highest BCUT2D eigenvalue weighted by molar-refractivity contribution is 7.09. The number of benzene rings is 2. The number of nitro benzene ring substituents is 1. The molecule has 1 amide bonds. The number of hydrogen-bond donors (Lipinski definition) is 2. The van der Waals surface area contributed by atoms with Crippen molar-refractivity contribution >= 4 is 28.6 Å². The van der Waals surface area contributed by atoms with Crippen LogP contribution in [-0.4, -0.2) is 20.8 Å². The van der Waals surface area contributed by atoms with E-state index in [4.69, 9.17) is 0 Å². The van der Waals surface area contributed by atoms with Crippen molar-refractivity contribution in [3.63, 3.8) is 0 Å². The normalized spacial score (nSPS) is 11.5. The average Bonchev–Trinajstić information content (AvgIpc) is 3.33. The first-order valence-electron chi connectivity index (χ1n) is 10.2. The summed E-state index contributed by atoms with van der Waals surface area (Å²) in [5.41, 5.74) is 2.96. The Bertz CT molecular complexity index is 1260. The van der Waals surface area contributed by atoms with Gasteiger partial charge in [0.05, 0.1) is 28.9 Å². The van der Waals surface area contributed by atoms with Crippen LogP contribution in [0.5, 0.6) is 0 Å². The van der Waals surface area contributed by atoms with Gasteiger partial charge in [-0.1, -0.05) is 36.4 Å². The van der Waals surface area contributed by atoms with E-state index in [9.17, 15) is 14.9 Å². The number of pyridine rings is 1. The maximum Gasteiger partial charge on any atom is 0.293 e. The SMILES string of the molecule is CC(Nc1ccc(C(=O)NCc2nc(-c3ccccc3)cs2)cc1[N+](=O)[O-])c1ccccn1. The third-order valence-electron chi connectivity index (χ3n) is 4.98. The van der Waals surface area contributed by atoms with Crippen LogP contribution in [0.15, 0.2) is 78.3 Å². The molecule has 1 unspecified atom stereocenters. The van der Waals surface area contributed by atoms with Crippen molar-refractivity contribution < 1.29 is 9.72 Å². The average molecular weight is 460 g/mol. The highest BCUT2D eigenvalue weighted by atomic mass is 32.1. The lowest BCUT2D eigenvalue weighted by Crippen LogP contribution is -2.23. The third kappa shape index (κ3) is 5.39. The first-order chi connectivity index (χ1) is 16.0. The summed E-state index contributed by atoms with van der Waals surface area (Å²) in [4.78, 5) is 32.6. The van der Waals surface area contributed by atoms with E-state index in [1.54, 1.807) is 24.4 Å². The molecule has 0 spiro atoms. The minimum Gasteiger partial charge on any atom is -0.371 e. The van der Waals surface area contributed by atoms with Crippen molar-refractivity contribution in [3.05, 3.63) is 105 Å². The lowest BCUT2D eigenvalue weighted by molar-refractivity contribution is -0.384. The maximum absolute atomic E-state index is 12.6. The van der Waals surface area contributed by atoms with Crippen molar-refractivity contribution in [2.75, 3.05) is 5.32 Å². The molecule has 0 aliphatic heterocycles. The molecule has 1 atom stereocenters. The van der Waals surface area contributed by atoms with Crippen molar-refractivity contribution in [2.45, 2.75) is 19.5 Å². The van der Waals surface area contributed by atoms with Gasteiger partial charge < -0.3 is 10.6 Å². The molecule has 0 fully saturated rings. The number of anilines is 1. The number of rotatable bonds is 8. The van der Waals surface area contributed by atoms with Crippen molar-refractivity contribution in [1.82, 2.24) is 15.3 Å². The second kappa shape index (κ2) is 10.0. The van der Waals surface area contributed by atoms with E-state index in [0.29, 0.717) is 5.69 Å². The van der Waals surface area contributed by atoms with Gasteiger partial charge in [-0.25, -0.2) is 4.98 Å². The highest BCUT2D eigenvalue weighted by Gasteiger charge is 2.20. The monoisotopic (exact) mass is 459 g/mol. The molecule has 0 aliphatic carbocycles. The van der Waals surface area contributed by atoms with E-state index in [-0.39, 0.29) is 23.8 Å². The minimum atomic E-state index is -0.503. The Morgan fingerprint density at radius 2 is 1.91 bits per heavy atom.